The van der Waals surface area contributed by atoms with Gasteiger partial charge in [0.15, 0.2) is 5.58 Å². The maximum absolute atomic E-state index is 11.3. The molecule has 0 atom stereocenters. The highest BCUT2D eigenvalue weighted by molar-refractivity contribution is 5.83. The summed E-state index contributed by atoms with van der Waals surface area (Å²) in [5.41, 5.74) is 1.73. The van der Waals surface area contributed by atoms with Crippen LogP contribution in [0.4, 0.5) is 0 Å². The van der Waals surface area contributed by atoms with Gasteiger partial charge in [-0.3, -0.25) is 9.36 Å². The van der Waals surface area contributed by atoms with Crippen molar-refractivity contribution in [3.63, 3.8) is 0 Å². The standard InChI is InChI=1S/C10H9NO3/c1-2-11-8-5-7(6-12)3-4-9(8)14-10(11)13/h3-6H,2H2,1H3. The van der Waals surface area contributed by atoms with Crippen molar-refractivity contribution in [2.45, 2.75) is 13.5 Å². The van der Waals surface area contributed by atoms with Gasteiger partial charge in [-0.05, 0) is 25.1 Å². The first-order valence-electron chi connectivity index (χ1n) is 4.35. The molecule has 0 N–H and O–H groups in total. The van der Waals surface area contributed by atoms with Crippen molar-refractivity contribution in [1.82, 2.24) is 4.57 Å². The van der Waals surface area contributed by atoms with Gasteiger partial charge in [0.05, 0.1) is 5.52 Å². The Morgan fingerprint density at radius 2 is 2.29 bits per heavy atom. The second-order valence-electron chi connectivity index (χ2n) is 2.96. The maximum atomic E-state index is 11.3. The van der Waals surface area contributed by atoms with Gasteiger partial charge in [-0.15, -0.1) is 0 Å². The lowest BCUT2D eigenvalue weighted by Crippen LogP contribution is -2.12. The number of nitrogens with zero attached hydrogens (tertiary/aromatic N) is 1. The predicted molar refractivity (Wildman–Crippen MR) is 51.5 cm³/mol. The van der Waals surface area contributed by atoms with Crippen molar-refractivity contribution in [3.05, 3.63) is 34.3 Å². The van der Waals surface area contributed by atoms with E-state index in [1.807, 2.05) is 6.92 Å². The molecule has 0 amide bonds. The number of fused-ring (bicyclic) bond motifs is 1. The van der Waals surface area contributed by atoms with Crippen LogP contribution in [0, 0.1) is 0 Å². The molecular weight excluding hydrogens is 182 g/mol. The second kappa shape index (κ2) is 3.14. The van der Waals surface area contributed by atoms with E-state index in [4.69, 9.17) is 4.42 Å². The number of aryl methyl sites for hydroxylation is 1. The highest BCUT2D eigenvalue weighted by Gasteiger charge is 2.07. The molecule has 4 heteroatoms. The molecule has 0 saturated carbocycles. The third kappa shape index (κ3) is 1.16. The molecule has 0 saturated heterocycles. The van der Waals surface area contributed by atoms with Gasteiger partial charge in [0.2, 0.25) is 0 Å². The first-order valence-corrected chi connectivity index (χ1v) is 4.35. The molecule has 0 aliphatic carbocycles. The third-order valence-electron chi connectivity index (χ3n) is 2.14. The van der Waals surface area contributed by atoms with Crippen molar-refractivity contribution in [3.8, 4) is 0 Å². The molecule has 14 heavy (non-hydrogen) atoms. The number of carbonyl (C=O) groups excluding carboxylic acids is 1. The highest BCUT2D eigenvalue weighted by Crippen LogP contribution is 2.13. The summed E-state index contributed by atoms with van der Waals surface area (Å²) < 4.78 is 6.47. The third-order valence-corrected chi connectivity index (χ3v) is 2.14. The Morgan fingerprint density at radius 3 is 2.93 bits per heavy atom. The number of benzene rings is 1. The molecule has 1 aromatic heterocycles. The van der Waals surface area contributed by atoms with Gasteiger partial charge in [0, 0.05) is 12.1 Å². The summed E-state index contributed by atoms with van der Waals surface area (Å²) in [5, 5.41) is 0. The van der Waals surface area contributed by atoms with Gasteiger partial charge in [0.1, 0.15) is 6.29 Å². The van der Waals surface area contributed by atoms with Crippen molar-refractivity contribution in [2.24, 2.45) is 0 Å². The van der Waals surface area contributed by atoms with E-state index >= 15 is 0 Å². The number of aromatic nitrogens is 1. The van der Waals surface area contributed by atoms with E-state index in [1.54, 1.807) is 18.2 Å². The summed E-state index contributed by atoms with van der Waals surface area (Å²) >= 11 is 0. The smallest absolute Gasteiger partial charge is 0.408 e. The molecule has 0 aliphatic heterocycles. The molecule has 0 spiro atoms. The van der Waals surface area contributed by atoms with Crippen LogP contribution in [-0.4, -0.2) is 10.9 Å². The number of oxazole rings is 1. The lowest BCUT2D eigenvalue weighted by Gasteiger charge is -1.95. The van der Waals surface area contributed by atoms with Crippen LogP contribution in [0.2, 0.25) is 0 Å². The molecule has 2 aromatic rings. The molecule has 0 unspecified atom stereocenters. The Hall–Kier alpha value is -1.84. The molecule has 2 rings (SSSR count). The lowest BCUT2D eigenvalue weighted by atomic mass is 10.2. The normalized spacial score (nSPS) is 10.6. The molecule has 0 radical (unpaired) electrons. The molecule has 1 aromatic carbocycles. The Morgan fingerprint density at radius 1 is 1.50 bits per heavy atom. The maximum Gasteiger partial charge on any atom is 0.419 e. The van der Waals surface area contributed by atoms with Crippen LogP contribution < -0.4 is 5.76 Å². The Labute approximate surface area is 79.8 Å². The van der Waals surface area contributed by atoms with Gasteiger partial charge in [-0.25, -0.2) is 4.79 Å². The Kier molecular flexibility index (Phi) is 1.96. The molecule has 72 valence electrons. The summed E-state index contributed by atoms with van der Waals surface area (Å²) in [6.07, 6.45) is 0.747. The zero-order chi connectivity index (χ0) is 10.1. The van der Waals surface area contributed by atoms with E-state index in [2.05, 4.69) is 0 Å². The zero-order valence-corrected chi connectivity index (χ0v) is 7.69. The first-order chi connectivity index (χ1) is 6.76. The zero-order valence-electron chi connectivity index (χ0n) is 7.69. The predicted octanol–water partition coefficient (Wildman–Crippen LogP) is 1.43. The summed E-state index contributed by atoms with van der Waals surface area (Å²) in [7, 11) is 0. The molecule has 4 nitrogen and oxygen atoms in total. The van der Waals surface area contributed by atoms with E-state index in [-0.39, 0.29) is 5.76 Å². The SMILES string of the molecule is CCn1c(=O)oc2ccc(C=O)cc21. The number of aldehydes is 1. The largest absolute Gasteiger partial charge is 0.419 e. The first kappa shape index (κ1) is 8.74. The fraction of sp³-hybridized carbons (Fsp3) is 0.200. The highest BCUT2D eigenvalue weighted by atomic mass is 16.4. The minimum Gasteiger partial charge on any atom is -0.408 e. The average molecular weight is 191 g/mol. The van der Waals surface area contributed by atoms with Crippen LogP contribution in [0.3, 0.4) is 0 Å². The number of carbonyl (C=O) groups is 1. The quantitative estimate of drug-likeness (QED) is 0.674. The van der Waals surface area contributed by atoms with E-state index in [0.29, 0.717) is 23.2 Å². The fourth-order valence-electron chi connectivity index (χ4n) is 1.45. The average Bonchev–Trinajstić information content (AvgIpc) is 2.52. The van der Waals surface area contributed by atoms with E-state index < -0.39 is 0 Å². The van der Waals surface area contributed by atoms with E-state index in [1.165, 1.54) is 4.57 Å². The summed E-state index contributed by atoms with van der Waals surface area (Å²) in [6, 6.07) is 4.90. The Bertz CT molecular complexity index is 536. The monoisotopic (exact) mass is 191 g/mol. The lowest BCUT2D eigenvalue weighted by molar-refractivity contribution is 0.112. The molecule has 0 fully saturated rings. The second-order valence-corrected chi connectivity index (χ2v) is 2.96. The molecular formula is C10H9NO3. The van der Waals surface area contributed by atoms with Crippen LogP contribution in [0.25, 0.3) is 11.1 Å². The van der Waals surface area contributed by atoms with E-state index in [9.17, 15) is 9.59 Å². The van der Waals surface area contributed by atoms with E-state index in [0.717, 1.165) is 6.29 Å². The van der Waals surface area contributed by atoms with Crippen LogP contribution >= 0.6 is 0 Å². The topological polar surface area (TPSA) is 52.2 Å². The minimum atomic E-state index is -0.384. The van der Waals surface area contributed by atoms with Gasteiger partial charge >= 0.3 is 5.76 Å². The van der Waals surface area contributed by atoms with Crippen LogP contribution in [0.1, 0.15) is 17.3 Å². The van der Waals surface area contributed by atoms with Crippen molar-refractivity contribution in [1.29, 1.82) is 0 Å². The van der Waals surface area contributed by atoms with Crippen LogP contribution in [0.15, 0.2) is 27.4 Å². The minimum absolute atomic E-state index is 0.384. The van der Waals surface area contributed by atoms with Gasteiger partial charge in [-0.2, -0.15) is 0 Å². The molecule has 1 heterocycles. The molecule has 0 bridgehead atoms. The number of rotatable bonds is 2. The molecule has 0 aliphatic rings. The van der Waals surface area contributed by atoms with Crippen molar-refractivity contribution >= 4 is 17.4 Å². The number of hydrogen-bond acceptors (Lipinski definition) is 3. The fourth-order valence-corrected chi connectivity index (χ4v) is 1.45. The van der Waals surface area contributed by atoms with Gasteiger partial charge in [-0.1, -0.05) is 0 Å². The van der Waals surface area contributed by atoms with Gasteiger partial charge in [0.25, 0.3) is 0 Å². The Balaban J connectivity index is 2.83. The van der Waals surface area contributed by atoms with Crippen molar-refractivity contribution in [2.75, 3.05) is 0 Å². The number of hydrogen-bond donors (Lipinski definition) is 0. The summed E-state index contributed by atoms with van der Waals surface area (Å²) in [6.45, 7) is 2.39. The van der Waals surface area contributed by atoms with Crippen LogP contribution in [-0.2, 0) is 6.54 Å². The van der Waals surface area contributed by atoms with Crippen LogP contribution in [0.5, 0.6) is 0 Å². The summed E-state index contributed by atoms with van der Waals surface area (Å²) in [4.78, 5) is 21.8. The summed E-state index contributed by atoms with van der Waals surface area (Å²) in [5.74, 6) is -0.384. The van der Waals surface area contributed by atoms with Gasteiger partial charge < -0.3 is 4.42 Å². The van der Waals surface area contributed by atoms with Crippen molar-refractivity contribution < 1.29 is 9.21 Å².